The van der Waals surface area contributed by atoms with Gasteiger partial charge in [0, 0.05) is 34.2 Å². The maximum atomic E-state index is 12.5. The first-order chi connectivity index (χ1) is 13.1. The van der Waals surface area contributed by atoms with Crippen molar-refractivity contribution >= 4 is 16.9 Å². The molecule has 3 N–H and O–H groups in total. The SMILES string of the molecule is [2H]C([2H])([2H])N(C)CCc1c[nH]c2cccc(OC(=O)C[C@@H](CN)CC(C)C)c12. The van der Waals surface area contributed by atoms with Crippen LogP contribution in [0.15, 0.2) is 24.4 Å². The minimum atomic E-state index is -2.13. The van der Waals surface area contributed by atoms with Gasteiger partial charge in [0.05, 0.1) is 0 Å². The van der Waals surface area contributed by atoms with Gasteiger partial charge in [-0.15, -0.1) is 0 Å². The van der Waals surface area contributed by atoms with Crippen LogP contribution in [0.2, 0.25) is 0 Å². The third-order valence-corrected chi connectivity index (χ3v) is 4.28. The van der Waals surface area contributed by atoms with E-state index in [1.54, 1.807) is 13.1 Å². The van der Waals surface area contributed by atoms with E-state index in [9.17, 15) is 4.79 Å². The van der Waals surface area contributed by atoms with Gasteiger partial charge in [-0.25, -0.2) is 0 Å². The highest BCUT2D eigenvalue weighted by molar-refractivity contribution is 5.91. The molecule has 0 fully saturated rings. The molecule has 0 aliphatic carbocycles. The van der Waals surface area contributed by atoms with E-state index in [1.165, 1.54) is 4.90 Å². The second kappa shape index (κ2) is 9.02. The van der Waals surface area contributed by atoms with Crippen LogP contribution in [0, 0.1) is 11.8 Å². The van der Waals surface area contributed by atoms with Gasteiger partial charge in [-0.2, -0.15) is 0 Å². The van der Waals surface area contributed by atoms with Gasteiger partial charge in [0.2, 0.25) is 0 Å². The zero-order valence-corrected chi connectivity index (χ0v) is 15.3. The molecule has 0 aliphatic heterocycles. The van der Waals surface area contributed by atoms with Crippen molar-refractivity contribution in [2.45, 2.75) is 33.1 Å². The van der Waals surface area contributed by atoms with Crippen molar-refractivity contribution in [1.29, 1.82) is 0 Å². The molecule has 5 heteroatoms. The summed E-state index contributed by atoms with van der Waals surface area (Å²) in [6, 6.07) is 5.50. The Hall–Kier alpha value is -1.85. The first-order valence-corrected chi connectivity index (χ1v) is 8.82. The summed E-state index contributed by atoms with van der Waals surface area (Å²) in [6.07, 6.45) is 3.54. The van der Waals surface area contributed by atoms with Gasteiger partial charge in [-0.1, -0.05) is 19.9 Å². The topological polar surface area (TPSA) is 71.3 Å². The molecule has 5 nitrogen and oxygen atoms in total. The number of nitrogens with two attached hydrogens (primary N) is 1. The lowest BCUT2D eigenvalue weighted by molar-refractivity contribution is -0.135. The lowest BCUT2D eigenvalue weighted by atomic mass is 9.94. The van der Waals surface area contributed by atoms with Crippen molar-refractivity contribution in [3.63, 3.8) is 0 Å². The van der Waals surface area contributed by atoms with Crippen molar-refractivity contribution < 1.29 is 13.6 Å². The van der Waals surface area contributed by atoms with Gasteiger partial charge in [0.15, 0.2) is 0 Å². The lowest BCUT2D eigenvalue weighted by Gasteiger charge is -2.16. The van der Waals surface area contributed by atoms with Gasteiger partial charge in [0.1, 0.15) is 5.75 Å². The Bertz CT molecular complexity index is 787. The minimum Gasteiger partial charge on any atom is -0.426 e. The predicted octanol–water partition coefficient (Wildman–Crippen LogP) is 3.19. The summed E-state index contributed by atoms with van der Waals surface area (Å²) in [7, 11) is 1.57. The summed E-state index contributed by atoms with van der Waals surface area (Å²) < 4.78 is 28.1. The lowest BCUT2D eigenvalue weighted by Crippen LogP contribution is -2.22. The molecular weight excluding hydrogens is 314 g/mol. The number of carbonyl (C=O) groups is 1. The van der Waals surface area contributed by atoms with Gasteiger partial charge < -0.3 is 20.4 Å². The highest BCUT2D eigenvalue weighted by Gasteiger charge is 2.18. The molecule has 0 amide bonds. The minimum absolute atomic E-state index is 0.102. The summed E-state index contributed by atoms with van der Waals surface area (Å²) >= 11 is 0. The van der Waals surface area contributed by atoms with Crippen LogP contribution < -0.4 is 10.5 Å². The number of nitrogens with zero attached hydrogens (tertiary/aromatic N) is 1. The van der Waals surface area contributed by atoms with Gasteiger partial charge in [-0.05, 0) is 62.9 Å². The Morgan fingerprint density at radius 3 is 2.92 bits per heavy atom. The van der Waals surface area contributed by atoms with Crippen molar-refractivity contribution in [3.8, 4) is 5.75 Å². The summed E-state index contributed by atoms with van der Waals surface area (Å²) in [4.78, 5) is 17.0. The van der Waals surface area contributed by atoms with Crippen LogP contribution in [0.1, 0.15) is 36.4 Å². The first kappa shape index (κ1) is 15.4. The molecule has 0 saturated carbocycles. The van der Waals surface area contributed by atoms with Crippen molar-refractivity contribution in [3.05, 3.63) is 30.0 Å². The van der Waals surface area contributed by atoms with E-state index in [0.717, 1.165) is 22.9 Å². The number of ether oxygens (including phenoxy) is 1. The highest BCUT2D eigenvalue weighted by Crippen LogP contribution is 2.30. The number of esters is 1. The number of carbonyl (C=O) groups excluding carboxylic acids is 1. The second-order valence-electron chi connectivity index (χ2n) is 7.07. The number of hydrogen-bond donors (Lipinski definition) is 2. The number of rotatable bonds is 9. The standard InChI is InChI=1S/C20H31N3O2/c1-14(2)10-15(12-21)11-19(24)25-18-7-5-6-17-20(18)16(13-22-17)8-9-23(3)4/h5-7,13-15,22H,8-12,21H2,1-4H3/t15-/m0/s1/i3D3. The number of aromatic nitrogens is 1. The smallest absolute Gasteiger partial charge is 0.311 e. The maximum absolute atomic E-state index is 12.5. The van der Waals surface area contributed by atoms with E-state index in [4.69, 9.17) is 14.6 Å². The Morgan fingerprint density at radius 1 is 1.44 bits per heavy atom. The largest absolute Gasteiger partial charge is 0.426 e. The molecule has 0 unspecified atom stereocenters. The molecule has 1 aromatic heterocycles. The maximum Gasteiger partial charge on any atom is 0.311 e. The molecule has 0 bridgehead atoms. The molecule has 25 heavy (non-hydrogen) atoms. The number of likely N-dealkylation sites (N-methyl/N-ethyl adjacent to an activating group) is 1. The van der Waals surface area contributed by atoms with E-state index in [1.807, 2.05) is 18.3 Å². The Balaban J connectivity index is 2.14. The number of H-pyrrole nitrogens is 1. The quantitative estimate of drug-likeness (QED) is 0.539. The van der Waals surface area contributed by atoms with Crippen molar-refractivity contribution in [2.24, 2.45) is 17.6 Å². The predicted molar refractivity (Wildman–Crippen MR) is 103 cm³/mol. The molecule has 0 spiro atoms. The van der Waals surface area contributed by atoms with Crippen molar-refractivity contribution in [1.82, 2.24) is 9.88 Å². The normalized spacial score (nSPS) is 15.2. The summed E-state index contributed by atoms with van der Waals surface area (Å²) in [5, 5.41) is 0.822. The van der Waals surface area contributed by atoms with E-state index < -0.39 is 6.98 Å². The fourth-order valence-corrected chi connectivity index (χ4v) is 3.12. The third-order valence-electron chi connectivity index (χ3n) is 4.28. The molecule has 0 radical (unpaired) electrons. The molecule has 0 aliphatic rings. The molecule has 2 rings (SSSR count). The number of aromatic amines is 1. The molecule has 1 atom stereocenters. The van der Waals surface area contributed by atoms with Crippen molar-refractivity contribution in [2.75, 3.05) is 27.1 Å². The fourth-order valence-electron chi connectivity index (χ4n) is 3.12. The van der Waals surface area contributed by atoms with Gasteiger partial charge in [0.25, 0.3) is 0 Å². The number of benzene rings is 1. The zero-order valence-electron chi connectivity index (χ0n) is 18.3. The number of nitrogens with one attached hydrogen (secondary N) is 1. The summed E-state index contributed by atoms with van der Waals surface area (Å²) in [5.41, 5.74) is 7.58. The molecular formula is C20H31N3O2. The Labute approximate surface area is 154 Å². The monoisotopic (exact) mass is 348 g/mol. The Morgan fingerprint density at radius 2 is 2.24 bits per heavy atom. The second-order valence-corrected chi connectivity index (χ2v) is 7.07. The highest BCUT2D eigenvalue weighted by atomic mass is 16.5. The van der Waals surface area contributed by atoms with Crippen LogP contribution in [0.4, 0.5) is 0 Å². The number of hydrogen-bond acceptors (Lipinski definition) is 4. The number of fused-ring (bicyclic) bond motifs is 1. The van der Waals surface area contributed by atoms with Crippen LogP contribution in [0.25, 0.3) is 10.9 Å². The summed E-state index contributed by atoms with van der Waals surface area (Å²) in [5.74, 6) is 0.771. The first-order valence-electron chi connectivity index (χ1n) is 10.3. The molecule has 1 heterocycles. The van der Waals surface area contributed by atoms with Crippen LogP contribution >= 0.6 is 0 Å². The molecule has 0 saturated heterocycles. The molecule has 2 aromatic rings. The average Bonchev–Trinajstić information content (AvgIpc) is 3.02. The van der Waals surface area contributed by atoms with Gasteiger partial charge in [-0.3, -0.25) is 4.79 Å². The van der Waals surface area contributed by atoms with Crippen LogP contribution in [-0.2, 0) is 11.2 Å². The molecule has 1 aromatic carbocycles. The van der Waals surface area contributed by atoms with E-state index in [2.05, 4.69) is 18.8 Å². The molecule has 138 valence electrons. The van der Waals surface area contributed by atoms with Gasteiger partial charge >= 0.3 is 5.97 Å². The zero-order chi connectivity index (χ0) is 20.9. The van der Waals surface area contributed by atoms with E-state index in [-0.39, 0.29) is 18.3 Å². The third kappa shape index (κ3) is 5.58. The summed E-state index contributed by atoms with van der Waals surface area (Å²) in [6.45, 7) is 2.91. The van der Waals surface area contributed by atoms with E-state index >= 15 is 0 Å². The van der Waals surface area contributed by atoms with Crippen LogP contribution in [-0.4, -0.2) is 43.0 Å². The Kier molecular flexibility index (Phi) is 5.56. The van der Waals surface area contributed by atoms with Crippen LogP contribution in [0.3, 0.4) is 0 Å². The van der Waals surface area contributed by atoms with E-state index in [0.29, 0.717) is 31.2 Å². The van der Waals surface area contributed by atoms with Crippen LogP contribution in [0.5, 0.6) is 5.75 Å². The fraction of sp³-hybridized carbons (Fsp3) is 0.550. The average molecular weight is 349 g/mol.